The number of amides is 1. The Morgan fingerprint density at radius 2 is 1.79 bits per heavy atom. The van der Waals surface area contributed by atoms with Gasteiger partial charge in [-0.1, -0.05) is 19.9 Å². The Kier molecular flexibility index (Phi) is 5.44. The minimum absolute atomic E-state index is 0.132. The van der Waals surface area contributed by atoms with Crippen LogP contribution in [0.15, 0.2) is 24.3 Å². The summed E-state index contributed by atoms with van der Waals surface area (Å²) < 4.78 is 5.23. The van der Waals surface area contributed by atoms with Gasteiger partial charge in [0.1, 0.15) is 5.75 Å². The van der Waals surface area contributed by atoms with E-state index >= 15 is 0 Å². The number of rotatable bonds is 3. The van der Waals surface area contributed by atoms with E-state index in [9.17, 15) is 4.79 Å². The SMILES string of the molecule is COc1cccc(C(=O)N2CCC(N3C[C@H](C)C[C@H](C)C3)CC2)c1. The second kappa shape index (κ2) is 7.56. The molecule has 24 heavy (non-hydrogen) atoms. The molecule has 1 aromatic carbocycles. The first-order chi connectivity index (χ1) is 11.6. The monoisotopic (exact) mass is 330 g/mol. The van der Waals surface area contributed by atoms with E-state index in [0.29, 0.717) is 6.04 Å². The van der Waals surface area contributed by atoms with Crippen molar-refractivity contribution in [1.29, 1.82) is 0 Å². The smallest absolute Gasteiger partial charge is 0.253 e. The van der Waals surface area contributed by atoms with Crippen LogP contribution in [-0.2, 0) is 0 Å². The Labute approximate surface area is 145 Å². The topological polar surface area (TPSA) is 32.8 Å². The highest BCUT2D eigenvalue weighted by molar-refractivity contribution is 5.94. The molecule has 2 aliphatic rings. The highest BCUT2D eigenvalue weighted by Crippen LogP contribution is 2.27. The summed E-state index contributed by atoms with van der Waals surface area (Å²) in [5.41, 5.74) is 0.730. The third kappa shape index (κ3) is 3.92. The lowest BCUT2D eigenvalue weighted by atomic mass is 9.89. The van der Waals surface area contributed by atoms with Gasteiger partial charge in [-0.05, 0) is 49.3 Å². The molecule has 0 radical (unpaired) electrons. The van der Waals surface area contributed by atoms with Crippen molar-refractivity contribution in [2.24, 2.45) is 11.8 Å². The summed E-state index contributed by atoms with van der Waals surface area (Å²) in [6.07, 6.45) is 3.54. The summed E-state index contributed by atoms with van der Waals surface area (Å²) in [7, 11) is 1.63. The number of carbonyl (C=O) groups excluding carboxylic acids is 1. The van der Waals surface area contributed by atoms with Crippen LogP contribution in [0, 0.1) is 11.8 Å². The van der Waals surface area contributed by atoms with E-state index in [4.69, 9.17) is 4.74 Å². The van der Waals surface area contributed by atoms with Crippen molar-refractivity contribution in [1.82, 2.24) is 9.80 Å². The highest BCUT2D eigenvalue weighted by atomic mass is 16.5. The van der Waals surface area contributed by atoms with Crippen molar-refractivity contribution in [2.45, 2.75) is 39.2 Å². The molecular formula is C20H30N2O2. The minimum Gasteiger partial charge on any atom is -0.497 e. The van der Waals surface area contributed by atoms with Crippen LogP contribution in [-0.4, -0.2) is 55.0 Å². The van der Waals surface area contributed by atoms with Gasteiger partial charge in [0.15, 0.2) is 0 Å². The lowest BCUT2D eigenvalue weighted by Crippen LogP contribution is -2.50. The van der Waals surface area contributed by atoms with Crippen LogP contribution < -0.4 is 4.74 Å². The zero-order valence-corrected chi connectivity index (χ0v) is 15.2. The highest BCUT2D eigenvalue weighted by Gasteiger charge is 2.31. The predicted octanol–water partition coefficient (Wildman–Crippen LogP) is 3.28. The molecule has 0 aromatic heterocycles. The van der Waals surface area contributed by atoms with E-state index in [0.717, 1.165) is 49.1 Å². The second-order valence-electron chi connectivity index (χ2n) is 7.66. The molecule has 2 aliphatic heterocycles. The molecule has 0 aliphatic carbocycles. The molecule has 2 heterocycles. The van der Waals surface area contributed by atoms with E-state index in [-0.39, 0.29) is 5.91 Å². The van der Waals surface area contributed by atoms with Gasteiger partial charge in [-0.3, -0.25) is 9.69 Å². The number of hydrogen-bond donors (Lipinski definition) is 0. The van der Waals surface area contributed by atoms with Gasteiger partial charge in [-0.15, -0.1) is 0 Å². The lowest BCUT2D eigenvalue weighted by molar-refractivity contribution is 0.0450. The maximum absolute atomic E-state index is 12.7. The van der Waals surface area contributed by atoms with Crippen molar-refractivity contribution in [3.63, 3.8) is 0 Å². The summed E-state index contributed by atoms with van der Waals surface area (Å²) in [5.74, 6) is 2.47. The molecule has 2 saturated heterocycles. The summed E-state index contributed by atoms with van der Waals surface area (Å²) in [6, 6.07) is 8.12. The van der Waals surface area contributed by atoms with Crippen LogP contribution in [0.4, 0.5) is 0 Å². The molecule has 0 spiro atoms. The van der Waals surface area contributed by atoms with E-state index in [1.807, 2.05) is 29.2 Å². The van der Waals surface area contributed by atoms with Gasteiger partial charge < -0.3 is 9.64 Å². The van der Waals surface area contributed by atoms with E-state index < -0.39 is 0 Å². The molecule has 0 unspecified atom stereocenters. The van der Waals surface area contributed by atoms with Gasteiger partial charge >= 0.3 is 0 Å². The number of piperidine rings is 2. The van der Waals surface area contributed by atoms with Crippen molar-refractivity contribution in [2.75, 3.05) is 33.3 Å². The van der Waals surface area contributed by atoms with Crippen molar-refractivity contribution < 1.29 is 9.53 Å². The quantitative estimate of drug-likeness (QED) is 0.853. The normalized spacial score (nSPS) is 26.4. The van der Waals surface area contributed by atoms with Crippen LogP contribution >= 0.6 is 0 Å². The molecule has 0 saturated carbocycles. The standard InChI is InChI=1S/C20H30N2O2/c1-15-11-16(2)14-22(13-15)18-7-9-21(10-8-18)20(23)17-5-4-6-19(12-17)24-3/h4-6,12,15-16,18H,7-11,13-14H2,1-3H3/t15-,16+. The first-order valence-corrected chi connectivity index (χ1v) is 9.24. The number of hydrogen-bond acceptors (Lipinski definition) is 3. The fourth-order valence-electron chi connectivity index (χ4n) is 4.38. The average Bonchev–Trinajstić information content (AvgIpc) is 2.60. The largest absolute Gasteiger partial charge is 0.497 e. The summed E-state index contributed by atoms with van der Waals surface area (Å²) in [4.78, 5) is 17.4. The number of ether oxygens (including phenoxy) is 1. The average molecular weight is 330 g/mol. The Morgan fingerprint density at radius 1 is 1.12 bits per heavy atom. The van der Waals surface area contributed by atoms with Crippen molar-refractivity contribution in [3.05, 3.63) is 29.8 Å². The Bertz CT molecular complexity index is 557. The lowest BCUT2D eigenvalue weighted by Gasteiger charge is -2.43. The number of carbonyl (C=O) groups is 1. The fourth-order valence-corrected chi connectivity index (χ4v) is 4.38. The zero-order chi connectivity index (χ0) is 17.1. The number of likely N-dealkylation sites (tertiary alicyclic amines) is 2. The summed E-state index contributed by atoms with van der Waals surface area (Å²) in [5, 5.41) is 0. The molecule has 1 amide bonds. The Hall–Kier alpha value is -1.55. The first-order valence-electron chi connectivity index (χ1n) is 9.24. The molecular weight excluding hydrogens is 300 g/mol. The van der Waals surface area contributed by atoms with Gasteiger partial charge in [0.25, 0.3) is 5.91 Å². The Balaban J connectivity index is 1.57. The van der Waals surface area contributed by atoms with Gasteiger partial charge in [-0.25, -0.2) is 0 Å². The molecule has 1 aromatic rings. The van der Waals surface area contributed by atoms with Gasteiger partial charge in [0, 0.05) is 37.8 Å². The molecule has 4 nitrogen and oxygen atoms in total. The van der Waals surface area contributed by atoms with Crippen molar-refractivity contribution >= 4 is 5.91 Å². The fraction of sp³-hybridized carbons (Fsp3) is 0.650. The second-order valence-corrected chi connectivity index (χ2v) is 7.66. The van der Waals surface area contributed by atoms with E-state index in [1.54, 1.807) is 7.11 Å². The van der Waals surface area contributed by atoms with Gasteiger partial charge in [0.2, 0.25) is 0 Å². The van der Waals surface area contributed by atoms with Crippen LogP contribution in [0.2, 0.25) is 0 Å². The maximum Gasteiger partial charge on any atom is 0.253 e. The molecule has 0 N–H and O–H groups in total. The van der Waals surface area contributed by atoms with Crippen LogP contribution in [0.3, 0.4) is 0 Å². The zero-order valence-electron chi connectivity index (χ0n) is 15.2. The molecule has 132 valence electrons. The van der Waals surface area contributed by atoms with E-state index in [1.165, 1.54) is 19.5 Å². The van der Waals surface area contributed by atoms with Crippen LogP contribution in [0.5, 0.6) is 5.75 Å². The third-order valence-electron chi connectivity index (χ3n) is 5.48. The van der Waals surface area contributed by atoms with E-state index in [2.05, 4.69) is 18.7 Å². The molecule has 4 heteroatoms. The van der Waals surface area contributed by atoms with Crippen LogP contribution in [0.1, 0.15) is 43.5 Å². The molecule has 2 fully saturated rings. The van der Waals surface area contributed by atoms with Crippen molar-refractivity contribution in [3.8, 4) is 5.75 Å². The first kappa shape index (κ1) is 17.3. The summed E-state index contributed by atoms with van der Waals surface area (Å²) in [6.45, 7) is 8.89. The predicted molar refractivity (Wildman–Crippen MR) is 96.4 cm³/mol. The number of benzene rings is 1. The van der Waals surface area contributed by atoms with Crippen LogP contribution in [0.25, 0.3) is 0 Å². The Morgan fingerprint density at radius 3 is 2.42 bits per heavy atom. The van der Waals surface area contributed by atoms with Gasteiger partial charge in [-0.2, -0.15) is 0 Å². The molecule has 0 bridgehead atoms. The molecule has 2 atom stereocenters. The maximum atomic E-state index is 12.7. The minimum atomic E-state index is 0.132. The number of methoxy groups -OCH3 is 1. The summed E-state index contributed by atoms with van der Waals surface area (Å²) >= 11 is 0. The van der Waals surface area contributed by atoms with Gasteiger partial charge in [0.05, 0.1) is 7.11 Å². The third-order valence-corrected chi connectivity index (χ3v) is 5.48. The number of nitrogens with zero attached hydrogens (tertiary/aromatic N) is 2. The molecule has 3 rings (SSSR count).